The summed E-state index contributed by atoms with van der Waals surface area (Å²) in [5.74, 6) is 1.23. The van der Waals surface area contributed by atoms with Crippen molar-refractivity contribution in [2.75, 3.05) is 0 Å². The number of para-hydroxylation sites is 1. The maximum absolute atomic E-state index is 9.72. The fourth-order valence-electron chi connectivity index (χ4n) is 15.5. The Morgan fingerprint density at radius 2 is 0.767 bits per heavy atom. The molecule has 0 aliphatic carbocycles. The highest BCUT2D eigenvalue weighted by molar-refractivity contribution is 7.26. The molecule has 0 atom stereocenters. The molecule has 0 unspecified atom stereocenters. The van der Waals surface area contributed by atoms with Crippen molar-refractivity contribution < 1.29 is 8.83 Å². The van der Waals surface area contributed by atoms with Crippen molar-refractivity contribution >= 4 is 129 Å². The SMILES string of the molecule is N#Cc1ccc(-c2nc(-c3cccc4oc5c(-c6cccc(-c7ccc8c(c7)c7ccc(-c9nc(-c%10cccc%11oc%12c(-c%13ccccc%13)cc(-c%13ccccc%13)cc%12c%10%11)c%10sc%11ccccc%11c%10n9)cc7n8-c7ccccc7)c6)cc(-c6ccccc6)cc5c34)c3sc4ccccc4c3n2)cc1. The van der Waals surface area contributed by atoms with E-state index in [1.54, 1.807) is 22.7 Å². The molecule has 8 nitrogen and oxygen atoms in total. The summed E-state index contributed by atoms with van der Waals surface area (Å²) in [7, 11) is 0. The molecule has 0 fully saturated rings. The van der Waals surface area contributed by atoms with Crippen molar-refractivity contribution in [3.8, 4) is 113 Å². The summed E-state index contributed by atoms with van der Waals surface area (Å²) < 4.78 is 20.9. The second kappa shape index (κ2) is 23.3. The van der Waals surface area contributed by atoms with Crippen LogP contribution in [-0.4, -0.2) is 24.5 Å². The van der Waals surface area contributed by atoms with E-state index in [0.717, 1.165) is 201 Å². The van der Waals surface area contributed by atoms with Crippen molar-refractivity contribution in [3.05, 3.63) is 321 Å². The molecule has 478 valence electrons. The average molecular weight is 1350 g/mol. The molecule has 0 aliphatic rings. The number of nitriles is 1. The summed E-state index contributed by atoms with van der Waals surface area (Å²) in [5.41, 5.74) is 24.8. The van der Waals surface area contributed by atoms with Gasteiger partial charge in [0.2, 0.25) is 0 Å². The van der Waals surface area contributed by atoms with Crippen molar-refractivity contribution in [2.24, 2.45) is 0 Å². The van der Waals surface area contributed by atoms with Crippen LogP contribution in [0, 0.1) is 11.3 Å². The Balaban J connectivity index is 0.722. The van der Waals surface area contributed by atoms with Gasteiger partial charge >= 0.3 is 0 Å². The number of benzene rings is 14. The standard InChI is InChI=1S/C93H52N6O2S2/c94-53-54-38-40-58(41-39-54)92-95-84-67-30-13-15-36-80(67)102-90(84)86(97-92)69-32-18-35-79-83(69)75-51-64(56-22-7-2-8-23-56)49-72(89(75)101-79)61-27-17-26-59(46-61)60-43-45-76-73(47-60)66-44-42-62(52-77(66)99(76)65-28-11-4-12-29-65)93-96-85-68-31-14-16-37-81(68)103-91(85)87(98-93)70-33-19-34-78-82(70)74-50-63(55-20-5-1-6-21-55)48-71(88(74)100-78)57-24-9-3-10-25-57/h1-52H. The topological polar surface area (TPSA) is 107 Å². The van der Waals surface area contributed by atoms with Gasteiger partial charge in [-0.1, -0.05) is 206 Å². The van der Waals surface area contributed by atoms with Gasteiger partial charge in [0.05, 0.1) is 54.5 Å². The first-order chi connectivity index (χ1) is 51.0. The largest absolute Gasteiger partial charge is 0.455 e. The van der Waals surface area contributed by atoms with Gasteiger partial charge in [-0.3, -0.25) is 0 Å². The number of rotatable bonds is 10. The lowest BCUT2D eigenvalue weighted by Crippen LogP contribution is -1.96. The average Bonchev–Trinajstić information content (AvgIpc) is 1.60. The summed E-state index contributed by atoms with van der Waals surface area (Å²) in [4.78, 5) is 22.0. The molecule has 0 amide bonds. The van der Waals surface area contributed by atoms with Crippen LogP contribution in [0.25, 0.3) is 213 Å². The number of hydrogen-bond acceptors (Lipinski definition) is 9. The van der Waals surface area contributed by atoms with E-state index in [-0.39, 0.29) is 0 Å². The van der Waals surface area contributed by atoms with E-state index < -0.39 is 0 Å². The lowest BCUT2D eigenvalue weighted by atomic mass is 9.92. The molecular formula is C93H52N6O2S2. The van der Waals surface area contributed by atoms with Crippen LogP contribution in [0.1, 0.15) is 5.56 Å². The molecule has 7 aromatic heterocycles. The predicted molar refractivity (Wildman–Crippen MR) is 426 cm³/mol. The smallest absolute Gasteiger partial charge is 0.160 e. The predicted octanol–water partition coefficient (Wildman–Crippen LogP) is 25.8. The van der Waals surface area contributed by atoms with E-state index in [2.05, 4.69) is 302 Å². The van der Waals surface area contributed by atoms with Gasteiger partial charge in [0, 0.05) is 91.6 Å². The van der Waals surface area contributed by atoms with E-state index in [0.29, 0.717) is 17.2 Å². The lowest BCUT2D eigenvalue weighted by molar-refractivity contribution is 0.669. The maximum atomic E-state index is 9.72. The van der Waals surface area contributed by atoms with Crippen LogP contribution in [0.2, 0.25) is 0 Å². The maximum Gasteiger partial charge on any atom is 0.160 e. The zero-order valence-electron chi connectivity index (χ0n) is 54.8. The lowest BCUT2D eigenvalue weighted by Gasteiger charge is -2.11. The Labute approximate surface area is 597 Å². The number of hydrogen-bond donors (Lipinski definition) is 0. The Hall–Kier alpha value is -13.4. The third-order valence-corrected chi connectivity index (χ3v) is 22.6. The first-order valence-corrected chi connectivity index (χ1v) is 35.9. The molecule has 0 saturated heterocycles. The second-order valence-electron chi connectivity index (χ2n) is 26.2. The molecule has 0 saturated carbocycles. The minimum atomic E-state index is 0.579. The van der Waals surface area contributed by atoms with Gasteiger partial charge in [-0.2, -0.15) is 5.26 Å². The Bertz CT molecular complexity index is 7110. The molecule has 14 aromatic carbocycles. The number of aromatic nitrogens is 5. The van der Waals surface area contributed by atoms with Crippen molar-refractivity contribution in [1.82, 2.24) is 24.5 Å². The quantitative estimate of drug-likeness (QED) is 0.134. The van der Waals surface area contributed by atoms with Crippen LogP contribution in [0.5, 0.6) is 0 Å². The highest BCUT2D eigenvalue weighted by Gasteiger charge is 2.27. The monoisotopic (exact) mass is 1350 g/mol. The van der Waals surface area contributed by atoms with Gasteiger partial charge in [-0.15, -0.1) is 22.7 Å². The number of nitrogens with zero attached hydrogens (tertiary/aromatic N) is 6. The Morgan fingerprint density at radius 1 is 0.301 bits per heavy atom. The summed E-state index contributed by atoms with van der Waals surface area (Å²) in [6.45, 7) is 0. The van der Waals surface area contributed by atoms with E-state index in [4.69, 9.17) is 28.8 Å². The van der Waals surface area contributed by atoms with Crippen LogP contribution in [0.15, 0.2) is 324 Å². The van der Waals surface area contributed by atoms with Crippen LogP contribution >= 0.6 is 22.7 Å². The molecule has 103 heavy (non-hydrogen) atoms. The molecule has 0 bridgehead atoms. The summed E-state index contributed by atoms with van der Waals surface area (Å²) in [6, 6.07) is 113. The summed E-state index contributed by atoms with van der Waals surface area (Å²) in [5, 5.41) is 18.1. The molecule has 0 spiro atoms. The summed E-state index contributed by atoms with van der Waals surface area (Å²) in [6.07, 6.45) is 0. The van der Waals surface area contributed by atoms with Gasteiger partial charge in [0.25, 0.3) is 0 Å². The van der Waals surface area contributed by atoms with Gasteiger partial charge in [-0.25, -0.2) is 19.9 Å². The zero-order chi connectivity index (χ0) is 67.8. The second-order valence-corrected chi connectivity index (χ2v) is 28.3. The van der Waals surface area contributed by atoms with Gasteiger partial charge in [0.1, 0.15) is 22.3 Å². The highest BCUT2D eigenvalue weighted by atomic mass is 32.1. The number of furan rings is 2. The minimum absolute atomic E-state index is 0.579. The Morgan fingerprint density at radius 3 is 1.35 bits per heavy atom. The van der Waals surface area contributed by atoms with Gasteiger partial charge < -0.3 is 13.4 Å². The molecule has 21 rings (SSSR count). The zero-order valence-corrected chi connectivity index (χ0v) is 56.5. The molecule has 7 heterocycles. The van der Waals surface area contributed by atoms with Gasteiger partial charge in [0.15, 0.2) is 11.6 Å². The van der Waals surface area contributed by atoms with Crippen LogP contribution in [0.4, 0.5) is 0 Å². The van der Waals surface area contributed by atoms with E-state index >= 15 is 0 Å². The fourth-order valence-corrected chi connectivity index (χ4v) is 17.7. The summed E-state index contributed by atoms with van der Waals surface area (Å²) >= 11 is 3.44. The fraction of sp³-hybridized carbons (Fsp3) is 0. The van der Waals surface area contributed by atoms with E-state index in [9.17, 15) is 5.26 Å². The van der Waals surface area contributed by atoms with Crippen molar-refractivity contribution in [2.45, 2.75) is 0 Å². The molecule has 0 aliphatic heterocycles. The normalized spacial score (nSPS) is 11.9. The van der Waals surface area contributed by atoms with Crippen LogP contribution in [-0.2, 0) is 0 Å². The highest BCUT2D eigenvalue weighted by Crippen LogP contribution is 2.50. The third kappa shape index (κ3) is 9.48. The molecule has 21 aromatic rings. The molecular weight excluding hydrogens is 1300 g/mol. The molecule has 0 radical (unpaired) electrons. The van der Waals surface area contributed by atoms with Crippen LogP contribution in [0.3, 0.4) is 0 Å². The first kappa shape index (κ1) is 58.5. The van der Waals surface area contributed by atoms with E-state index in [1.165, 1.54) is 0 Å². The third-order valence-electron chi connectivity index (χ3n) is 20.3. The van der Waals surface area contributed by atoms with E-state index in [1.807, 2.05) is 24.3 Å². The van der Waals surface area contributed by atoms with Crippen molar-refractivity contribution in [3.63, 3.8) is 0 Å². The number of fused-ring (bicyclic) bond motifs is 15. The van der Waals surface area contributed by atoms with Crippen LogP contribution < -0.4 is 0 Å². The molecule has 0 N–H and O–H groups in total. The molecule has 10 heteroatoms. The minimum Gasteiger partial charge on any atom is -0.455 e. The Kier molecular flexibility index (Phi) is 13.3. The number of thiophene rings is 2. The van der Waals surface area contributed by atoms with Gasteiger partial charge in [-0.05, 0) is 154 Å². The first-order valence-electron chi connectivity index (χ1n) is 34.3. The van der Waals surface area contributed by atoms with Crippen molar-refractivity contribution in [1.29, 1.82) is 5.26 Å².